The molecule has 22 heavy (non-hydrogen) atoms. The number of rotatable bonds is 2. The Morgan fingerprint density at radius 1 is 1.23 bits per heavy atom. The first kappa shape index (κ1) is 14.6. The second-order valence-corrected chi connectivity index (χ2v) is 5.22. The maximum Gasteiger partial charge on any atom is 0.264 e. The van der Waals surface area contributed by atoms with Gasteiger partial charge in [0, 0.05) is 24.1 Å². The van der Waals surface area contributed by atoms with Gasteiger partial charge in [0.05, 0.1) is 0 Å². The highest BCUT2D eigenvalue weighted by Crippen LogP contribution is 2.34. The van der Waals surface area contributed by atoms with Crippen LogP contribution in [0.15, 0.2) is 12.1 Å². The smallest absolute Gasteiger partial charge is 0.264 e. The van der Waals surface area contributed by atoms with E-state index in [1.165, 1.54) is 0 Å². The molecule has 0 bridgehead atoms. The lowest BCUT2D eigenvalue weighted by Gasteiger charge is -2.29. The van der Waals surface area contributed by atoms with Crippen LogP contribution >= 0.6 is 0 Å². The Kier molecular flexibility index (Phi) is 3.38. The molecular formula is C14H11F3N2O3. The van der Waals surface area contributed by atoms with E-state index in [0.717, 1.165) is 11.0 Å². The van der Waals surface area contributed by atoms with Crippen LogP contribution in [0.4, 0.5) is 13.2 Å². The molecule has 1 saturated heterocycles. The zero-order valence-corrected chi connectivity index (χ0v) is 11.2. The summed E-state index contributed by atoms with van der Waals surface area (Å²) in [5.74, 6) is -2.68. The maximum atomic E-state index is 13.4. The van der Waals surface area contributed by atoms with Crippen LogP contribution < -0.4 is 5.32 Å². The number of imide groups is 1. The van der Waals surface area contributed by atoms with Gasteiger partial charge in [-0.2, -0.15) is 0 Å². The van der Waals surface area contributed by atoms with Gasteiger partial charge in [0.25, 0.3) is 12.3 Å². The molecular weight excluding hydrogens is 301 g/mol. The standard InChI is InChI=1S/C14H11F3N2O3/c15-6-3-7(12(16)17)9-5-19(14(22)8(9)4-6)10-1-2-11(20)18-13(10)21/h3-4,10,12H,1-2,5H2,(H,18,20,21). The van der Waals surface area contributed by atoms with Crippen LogP contribution in [0.1, 0.15) is 40.8 Å². The molecule has 0 saturated carbocycles. The summed E-state index contributed by atoms with van der Waals surface area (Å²) >= 11 is 0. The lowest BCUT2D eigenvalue weighted by molar-refractivity contribution is -0.136. The van der Waals surface area contributed by atoms with E-state index >= 15 is 0 Å². The highest BCUT2D eigenvalue weighted by atomic mass is 19.3. The van der Waals surface area contributed by atoms with E-state index in [0.29, 0.717) is 6.07 Å². The highest BCUT2D eigenvalue weighted by molar-refractivity contribution is 6.05. The number of halogens is 3. The number of nitrogens with zero attached hydrogens (tertiary/aromatic N) is 1. The van der Waals surface area contributed by atoms with Gasteiger partial charge in [0.15, 0.2) is 0 Å². The molecule has 1 fully saturated rings. The summed E-state index contributed by atoms with van der Waals surface area (Å²) < 4.78 is 39.4. The Morgan fingerprint density at radius 3 is 2.59 bits per heavy atom. The van der Waals surface area contributed by atoms with Crippen LogP contribution in [0.5, 0.6) is 0 Å². The van der Waals surface area contributed by atoms with Gasteiger partial charge in [-0.3, -0.25) is 19.7 Å². The molecule has 3 rings (SSSR count). The van der Waals surface area contributed by atoms with Gasteiger partial charge in [-0.15, -0.1) is 0 Å². The molecule has 5 nitrogen and oxygen atoms in total. The van der Waals surface area contributed by atoms with Crippen molar-refractivity contribution in [3.05, 3.63) is 34.6 Å². The molecule has 1 atom stereocenters. The number of piperidine rings is 1. The van der Waals surface area contributed by atoms with Crippen LogP contribution in [0.25, 0.3) is 0 Å². The zero-order valence-electron chi connectivity index (χ0n) is 11.2. The van der Waals surface area contributed by atoms with Gasteiger partial charge < -0.3 is 4.90 Å². The summed E-state index contributed by atoms with van der Waals surface area (Å²) in [6.45, 7) is -0.194. The van der Waals surface area contributed by atoms with Crippen molar-refractivity contribution < 1.29 is 27.6 Å². The Balaban J connectivity index is 1.96. The Hall–Kier alpha value is -2.38. The fraction of sp³-hybridized carbons (Fsp3) is 0.357. The third-order valence-electron chi connectivity index (χ3n) is 3.89. The minimum atomic E-state index is -2.92. The van der Waals surface area contributed by atoms with Crippen LogP contribution in [0.3, 0.4) is 0 Å². The molecule has 8 heteroatoms. The van der Waals surface area contributed by atoms with E-state index in [1.807, 2.05) is 0 Å². The lowest BCUT2D eigenvalue weighted by Crippen LogP contribution is -2.52. The normalized spacial score (nSPS) is 21.4. The number of benzene rings is 1. The third kappa shape index (κ3) is 2.24. The van der Waals surface area contributed by atoms with Crippen molar-refractivity contribution >= 4 is 17.7 Å². The summed E-state index contributed by atoms with van der Waals surface area (Å²) in [6.07, 6.45) is -2.73. The van der Waals surface area contributed by atoms with E-state index in [4.69, 9.17) is 0 Å². The Morgan fingerprint density at radius 2 is 1.95 bits per heavy atom. The lowest BCUT2D eigenvalue weighted by atomic mass is 10.0. The summed E-state index contributed by atoms with van der Waals surface area (Å²) in [4.78, 5) is 36.4. The van der Waals surface area contributed by atoms with Crippen molar-refractivity contribution in [2.24, 2.45) is 0 Å². The van der Waals surface area contributed by atoms with Crippen LogP contribution in [0, 0.1) is 5.82 Å². The van der Waals surface area contributed by atoms with Crippen molar-refractivity contribution in [2.75, 3.05) is 0 Å². The number of amides is 3. The van der Waals surface area contributed by atoms with Crippen LogP contribution in [-0.2, 0) is 16.1 Å². The number of nitrogens with one attached hydrogen (secondary N) is 1. The molecule has 1 aromatic rings. The summed E-state index contributed by atoms with van der Waals surface area (Å²) in [7, 11) is 0. The average molecular weight is 312 g/mol. The molecule has 0 aliphatic carbocycles. The molecule has 1 N–H and O–H groups in total. The molecule has 1 aromatic carbocycles. The first-order chi connectivity index (χ1) is 10.4. The van der Waals surface area contributed by atoms with E-state index in [1.54, 1.807) is 0 Å². The number of carbonyl (C=O) groups is 3. The fourth-order valence-electron chi connectivity index (χ4n) is 2.85. The SMILES string of the molecule is O=C1CCC(N2Cc3c(cc(F)cc3C(F)F)C2=O)C(=O)N1. The molecule has 3 amide bonds. The van der Waals surface area contributed by atoms with Crippen LogP contribution in [0.2, 0.25) is 0 Å². The summed E-state index contributed by atoms with van der Waals surface area (Å²) in [6, 6.07) is 0.686. The predicted molar refractivity (Wildman–Crippen MR) is 67.4 cm³/mol. The largest absolute Gasteiger partial charge is 0.322 e. The van der Waals surface area contributed by atoms with Gasteiger partial charge in [0.2, 0.25) is 11.8 Å². The predicted octanol–water partition coefficient (Wildman–Crippen LogP) is 1.52. The maximum absolute atomic E-state index is 13.4. The first-order valence-corrected chi connectivity index (χ1v) is 6.63. The van der Waals surface area contributed by atoms with E-state index in [9.17, 15) is 27.6 Å². The number of hydrogen-bond acceptors (Lipinski definition) is 3. The molecule has 2 aliphatic heterocycles. The second-order valence-electron chi connectivity index (χ2n) is 5.22. The van der Waals surface area contributed by atoms with Crippen molar-refractivity contribution in [3.63, 3.8) is 0 Å². The molecule has 0 aromatic heterocycles. The van der Waals surface area contributed by atoms with Gasteiger partial charge in [0.1, 0.15) is 11.9 Å². The van der Waals surface area contributed by atoms with Gasteiger partial charge in [-0.05, 0) is 24.1 Å². The van der Waals surface area contributed by atoms with Crippen LogP contribution in [-0.4, -0.2) is 28.7 Å². The average Bonchev–Trinajstić information content (AvgIpc) is 2.75. The molecule has 2 heterocycles. The fourth-order valence-corrected chi connectivity index (χ4v) is 2.85. The van der Waals surface area contributed by atoms with Gasteiger partial charge in [-0.25, -0.2) is 13.2 Å². The Bertz CT molecular complexity index is 690. The third-order valence-corrected chi connectivity index (χ3v) is 3.89. The molecule has 116 valence electrons. The van der Waals surface area contributed by atoms with Crippen molar-refractivity contribution in [2.45, 2.75) is 31.9 Å². The number of alkyl halides is 2. The van der Waals surface area contributed by atoms with Crippen molar-refractivity contribution in [1.82, 2.24) is 10.2 Å². The van der Waals surface area contributed by atoms with Crippen molar-refractivity contribution in [1.29, 1.82) is 0 Å². The number of hydrogen-bond donors (Lipinski definition) is 1. The minimum Gasteiger partial charge on any atom is -0.322 e. The summed E-state index contributed by atoms with van der Waals surface area (Å²) in [5, 5.41) is 2.11. The van der Waals surface area contributed by atoms with E-state index in [2.05, 4.69) is 5.32 Å². The van der Waals surface area contributed by atoms with E-state index < -0.39 is 41.6 Å². The molecule has 0 spiro atoms. The van der Waals surface area contributed by atoms with Crippen molar-refractivity contribution in [3.8, 4) is 0 Å². The molecule has 1 unspecified atom stereocenters. The zero-order chi connectivity index (χ0) is 16.0. The topological polar surface area (TPSA) is 66.5 Å². The Labute approximate surface area is 123 Å². The second kappa shape index (κ2) is 5.11. The quantitative estimate of drug-likeness (QED) is 0.842. The van der Waals surface area contributed by atoms with Gasteiger partial charge in [-0.1, -0.05) is 0 Å². The van der Waals surface area contributed by atoms with Gasteiger partial charge >= 0.3 is 0 Å². The van der Waals surface area contributed by atoms with E-state index in [-0.39, 0.29) is 30.5 Å². The molecule has 2 aliphatic rings. The monoisotopic (exact) mass is 312 g/mol. The molecule has 0 radical (unpaired) electrons. The highest BCUT2D eigenvalue weighted by Gasteiger charge is 2.40. The first-order valence-electron chi connectivity index (χ1n) is 6.63. The minimum absolute atomic E-state index is 0.0334. The summed E-state index contributed by atoms with van der Waals surface area (Å²) in [5.41, 5.74) is -0.663. The number of carbonyl (C=O) groups excluding carboxylic acids is 3. The number of fused-ring (bicyclic) bond motifs is 1.